The van der Waals surface area contributed by atoms with Crippen LogP contribution in [0.4, 0.5) is 0 Å². The Kier molecular flexibility index (Phi) is 4.17. The summed E-state index contributed by atoms with van der Waals surface area (Å²) in [5, 5.41) is 0. The van der Waals surface area contributed by atoms with Crippen LogP contribution in [0.25, 0.3) is 0 Å². The minimum atomic E-state index is -0.240. The summed E-state index contributed by atoms with van der Waals surface area (Å²) in [6, 6.07) is 0. The van der Waals surface area contributed by atoms with Gasteiger partial charge >= 0.3 is 0 Å². The molecule has 3 rings (SSSR count). The van der Waals surface area contributed by atoms with Crippen molar-refractivity contribution in [1.29, 1.82) is 0 Å². The van der Waals surface area contributed by atoms with Crippen LogP contribution >= 0.6 is 0 Å². The van der Waals surface area contributed by atoms with E-state index in [9.17, 15) is 4.79 Å². The maximum absolute atomic E-state index is 12.5. The van der Waals surface area contributed by atoms with E-state index in [2.05, 4.69) is 9.97 Å². The van der Waals surface area contributed by atoms with Crippen molar-refractivity contribution in [3.05, 3.63) is 24.3 Å². The molecule has 2 unspecified atom stereocenters. The first-order valence-corrected chi connectivity index (χ1v) is 7.53. The molecule has 0 N–H and O–H groups in total. The van der Waals surface area contributed by atoms with Crippen LogP contribution in [0.2, 0.25) is 0 Å². The molecule has 0 aromatic carbocycles. The predicted molar refractivity (Wildman–Crippen MR) is 75.9 cm³/mol. The van der Waals surface area contributed by atoms with Gasteiger partial charge in [-0.3, -0.25) is 9.78 Å². The number of amides is 1. The monoisotopic (exact) mass is 291 g/mol. The molecule has 2 atom stereocenters. The maximum atomic E-state index is 12.5. The van der Waals surface area contributed by atoms with E-state index in [4.69, 9.17) is 9.47 Å². The molecule has 3 heterocycles. The topological polar surface area (TPSA) is 64.6 Å². The van der Waals surface area contributed by atoms with Crippen LogP contribution in [0.15, 0.2) is 18.6 Å². The van der Waals surface area contributed by atoms with Gasteiger partial charge in [-0.05, 0) is 19.8 Å². The van der Waals surface area contributed by atoms with E-state index in [-0.39, 0.29) is 17.6 Å². The fourth-order valence-corrected chi connectivity index (χ4v) is 3.27. The average molecular weight is 291 g/mol. The standard InChI is InChI=1S/C15H21N3O3/c1-2-20-12-8-15(21-10-12)4-3-7-18(11-15)14(19)13-9-16-5-6-17-13/h5-6,9,12H,2-4,7-8,10-11H2,1H3. The first kappa shape index (κ1) is 14.4. The van der Waals surface area contributed by atoms with E-state index in [1.807, 2.05) is 11.8 Å². The molecule has 6 nitrogen and oxygen atoms in total. The highest BCUT2D eigenvalue weighted by Crippen LogP contribution is 2.36. The lowest BCUT2D eigenvalue weighted by Crippen LogP contribution is -2.50. The van der Waals surface area contributed by atoms with Gasteiger partial charge in [0.1, 0.15) is 5.69 Å². The average Bonchev–Trinajstić information content (AvgIpc) is 2.90. The van der Waals surface area contributed by atoms with Crippen LogP contribution in [0.5, 0.6) is 0 Å². The lowest BCUT2D eigenvalue weighted by atomic mass is 9.89. The minimum absolute atomic E-state index is 0.0642. The van der Waals surface area contributed by atoms with E-state index >= 15 is 0 Å². The number of rotatable bonds is 3. The van der Waals surface area contributed by atoms with Crippen molar-refractivity contribution in [2.45, 2.75) is 37.9 Å². The van der Waals surface area contributed by atoms with Gasteiger partial charge in [0, 0.05) is 32.0 Å². The SMILES string of the molecule is CCOC1COC2(CCCN(C(=O)c3cnccn3)C2)C1. The van der Waals surface area contributed by atoms with E-state index in [1.165, 1.54) is 6.20 Å². The third-order valence-corrected chi connectivity index (χ3v) is 4.19. The van der Waals surface area contributed by atoms with Crippen molar-refractivity contribution in [2.24, 2.45) is 0 Å². The highest BCUT2D eigenvalue weighted by molar-refractivity contribution is 5.92. The molecule has 1 spiro atoms. The Hall–Kier alpha value is -1.53. The van der Waals surface area contributed by atoms with Crippen LogP contribution < -0.4 is 0 Å². The number of carbonyl (C=O) groups is 1. The van der Waals surface area contributed by atoms with Crippen molar-refractivity contribution < 1.29 is 14.3 Å². The van der Waals surface area contributed by atoms with E-state index in [1.54, 1.807) is 12.4 Å². The summed E-state index contributed by atoms with van der Waals surface area (Å²) in [6.07, 6.45) is 7.59. The molecule has 0 radical (unpaired) electrons. The third-order valence-electron chi connectivity index (χ3n) is 4.19. The highest BCUT2D eigenvalue weighted by atomic mass is 16.6. The Bertz CT molecular complexity index is 496. The lowest BCUT2D eigenvalue weighted by molar-refractivity contribution is -0.0463. The van der Waals surface area contributed by atoms with Crippen LogP contribution in [0.1, 0.15) is 36.7 Å². The Balaban J connectivity index is 1.68. The quantitative estimate of drug-likeness (QED) is 0.839. The molecule has 2 saturated heterocycles. The first-order valence-electron chi connectivity index (χ1n) is 7.53. The highest BCUT2D eigenvalue weighted by Gasteiger charge is 2.45. The van der Waals surface area contributed by atoms with Crippen molar-refractivity contribution in [3.8, 4) is 0 Å². The zero-order chi connectivity index (χ0) is 14.7. The van der Waals surface area contributed by atoms with Crippen molar-refractivity contribution >= 4 is 5.91 Å². The van der Waals surface area contributed by atoms with Gasteiger partial charge in [-0.2, -0.15) is 0 Å². The molecule has 0 aliphatic carbocycles. The number of nitrogens with zero attached hydrogens (tertiary/aromatic N) is 3. The molecule has 1 aromatic rings. The summed E-state index contributed by atoms with van der Waals surface area (Å²) in [5.41, 5.74) is 0.157. The molecule has 2 aliphatic heterocycles. The molecule has 2 fully saturated rings. The minimum Gasteiger partial charge on any atom is -0.376 e. The zero-order valence-electron chi connectivity index (χ0n) is 12.3. The van der Waals surface area contributed by atoms with Gasteiger partial charge in [0.15, 0.2) is 0 Å². The van der Waals surface area contributed by atoms with Crippen molar-refractivity contribution in [2.75, 3.05) is 26.3 Å². The van der Waals surface area contributed by atoms with Crippen LogP contribution in [0.3, 0.4) is 0 Å². The van der Waals surface area contributed by atoms with E-state index < -0.39 is 0 Å². The Labute approximate surface area is 124 Å². The van der Waals surface area contributed by atoms with Crippen molar-refractivity contribution in [1.82, 2.24) is 14.9 Å². The molecule has 21 heavy (non-hydrogen) atoms. The number of hydrogen-bond donors (Lipinski definition) is 0. The fraction of sp³-hybridized carbons (Fsp3) is 0.667. The smallest absolute Gasteiger partial charge is 0.274 e. The largest absolute Gasteiger partial charge is 0.376 e. The number of carbonyl (C=O) groups excluding carboxylic acids is 1. The normalized spacial score (nSPS) is 29.0. The predicted octanol–water partition coefficient (Wildman–Crippen LogP) is 1.28. The number of aromatic nitrogens is 2. The maximum Gasteiger partial charge on any atom is 0.274 e. The Morgan fingerprint density at radius 1 is 1.57 bits per heavy atom. The summed E-state index contributed by atoms with van der Waals surface area (Å²) in [6.45, 7) is 4.69. The van der Waals surface area contributed by atoms with Crippen LogP contribution in [0, 0.1) is 0 Å². The molecule has 1 aromatic heterocycles. The third kappa shape index (κ3) is 3.06. The molecule has 0 bridgehead atoms. The summed E-state index contributed by atoms with van der Waals surface area (Å²) < 4.78 is 11.7. The number of piperidine rings is 1. The molecule has 1 amide bonds. The molecular weight excluding hydrogens is 270 g/mol. The van der Waals surface area contributed by atoms with Gasteiger partial charge in [0.2, 0.25) is 0 Å². The molecule has 2 aliphatic rings. The van der Waals surface area contributed by atoms with Gasteiger partial charge in [-0.1, -0.05) is 0 Å². The van der Waals surface area contributed by atoms with Crippen LogP contribution in [-0.4, -0.2) is 58.8 Å². The number of ether oxygens (including phenoxy) is 2. The summed E-state index contributed by atoms with van der Waals surface area (Å²) in [7, 11) is 0. The van der Waals surface area contributed by atoms with Gasteiger partial charge in [0.05, 0.1) is 31.1 Å². The molecule has 0 saturated carbocycles. The Morgan fingerprint density at radius 3 is 3.24 bits per heavy atom. The number of likely N-dealkylation sites (tertiary alicyclic amines) is 1. The summed E-state index contributed by atoms with van der Waals surface area (Å²) >= 11 is 0. The lowest BCUT2D eigenvalue weighted by Gasteiger charge is -2.39. The second-order valence-corrected chi connectivity index (χ2v) is 5.70. The molecule has 6 heteroatoms. The fourth-order valence-electron chi connectivity index (χ4n) is 3.27. The van der Waals surface area contributed by atoms with Gasteiger partial charge in [-0.25, -0.2) is 4.98 Å². The Morgan fingerprint density at radius 2 is 2.48 bits per heavy atom. The first-order chi connectivity index (χ1) is 10.2. The number of hydrogen-bond acceptors (Lipinski definition) is 5. The molecular formula is C15H21N3O3. The van der Waals surface area contributed by atoms with Gasteiger partial charge in [0.25, 0.3) is 5.91 Å². The van der Waals surface area contributed by atoms with E-state index in [0.717, 1.165) is 25.8 Å². The second-order valence-electron chi connectivity index (χ2n) is 5.70. The van der Waals surface area contributed by atoms with Crippen LogP contribution in [-0.2, 0) is 9.47 Å². The second kappa shape index (κ2) is 6.07. The van der Waals surface area contributed by atoms with Gasteiger partial charge in [-0.15, -0.1) is 0 Å². The summed E-state index contributed by atoms with van der Waals surface area (Å²) in [4.78, 5) is 22.4. The zero-order valence-corrected chi connectivity index (χ0v) is 12.3. The summed E-state index contributed by atoms with van der Waals surface area (Å²) in [5.74, 6) is -0.0642. The van der Waals surface area contributed by atoms with Crippen molar-refractivity contribution in [3.63, 3.8) is 0 Å². The molecule has 114 valence electrons. The van der Waals surface area contributed by atoms with Gasteiger partial charge < -0.3 is 14.4 Å². The van der Waals surface area contributed by atoms with E-state index in [0.29, 0.717) is 25.5 Å².